The molecule has 24 heavy (non-hydrogen) atoms. The average molecular weight is 335 g/mol. The third-order valence-electron chi connectivity index (χ3n) is 4.08. The van der Waals surface area contributed by atoms with E-state index >= 15 is 0 Å². The van der Waals surface area contributed by atoms with Crippen molar-refractivity contribution in [1.82, 2.24) is 9.88 Å². The van der Waals surface area contributed by atoms with Crippen molar-refractivity contribution in [3.8, 4) is 5.75 Å². The molecule has 0 aromatic carbocycles. The van der Waals surface area contributed by atoms with Crippen molar-refractivity contribution in [1.29, 1.82) is 0 Å². The van der Waals surface area contributed by atoms with Crippen molar-refractivity contribution in [2.24, 2.45) is 0 Å². The zero-order chi connectivity index (χ0) is 17.5. The molecule has 3 aliphatic rings. The maximum atomic E-state index is 12.3. The van der Waals surface area contributed by atoms with Crippen LogP contribution in [0, 0.1) is 0 Å². The standard InChI is InChI=1S/C15H22BN3O5/c1-15(2,3)23-14(20)19-10-6-11(19)9-18(8-10)13-5-4-12(7-17-13)24-16(21)22/h4-5,7,10-11,21-22H,6,8-9H2,1-3H3. The number of carbonyl (C=O) groups excluding carboxylic acids is 1. The molecule has 2 N–H and O–H groups in total. The van der Waals surface area contributed by atoms with Crippen LogP contribution < -0.4 is 9.55 Å². The molecule has 3 saturated heterocycles. The number of ether oxygens (including phenoxy) is 1. The van der Waals surface area contributed by atoms with Crippen molar-refractivity contribution < 1.29 is 24.2 Å². The molecule has 4 rings (SSSR count). The van der Waals surface area contributed by atoms with Crippen LogP contribution in [0.25, 0.3) is 0 Å². The van der Waals surface area contributed by atoms with Crippen LogP contribution in [0.15, 0.2) is 18.3 Å². The first-order valence-corrected chi connectivity index (χ1v) is 7.98. The van der Waals surface area contributed by atoms with E-state index < -0.39 is 12.9 Å². The Bertz CT molecular complexity index is 592. The van der Waals surface area contributed by atoms with Crippen molar-refractivity contribution in [2.75, 3.05) is 18.0 Å². The molecule has 0 radical (unpaired) electrons. The summed E-state index contributed by atoms with van der Waals surface area (Å²) in [6.45, 7) is 6.99. The average Bonchev–Trinajstić information content (AvgIpc) is 2.45. The highest BCUT2D eigenvalue weighted by molar-refractivity contribution is 6.33. The van der Waals surface area contributed by atoms with E-state index in [1.807, 2.05) is 25.7 Å². The molecule has 130 valence electrons. The van der Waals surface area contributed by atoms with Crippen LogP contribution in [0.1, 0.15) is 27.2 Å². The Hall–Kier alpha value is -2.00. The molecule has 8 nitrogen and oxygen atoms in total. The topological polar surface area (TPSA) is 95.4 Å². The lowest BCUT2D eigenvalue weighted by molar-refractivity contribution is -0.0380. The van der Waals surface area contributed by atoms with E-state index in [1.54, 1.807) is 12.1 Å². The second-order valence-corrected chi connectivity index (χ2v) is 7.13. The smallest absolute Gasteiger partial charge is 0.511 e. The number of piperidine rings is 1. The predicted molar refractivity (Wildman–Crippen MR) is 87.5 cm³/mol. The number of piperazine rings is 1. The van der Waals surface area contributed by atoms with Gasteiger partial charge in [-0.25, -0.2) is 9.78 Å². The van der Waals surface area contributed by atoms with Crippen molar-refractivity contribution in [3.63, 3.8) is 0 Å². The van der Waals surface area contributed by atoms with Crippen LogP contribution in [0.5, 0.6) is 5.75 Å². The highest BCUT2D eigenvalue weighted by Crippen LogP contribution is 2.35. The van der Waals surface area contributed by atoms with Crippen LogP contribution in [0.2, 0.25) is 0 Å². The van der Waals surface area contributed by atoms with Crippen LogP contribution in [-0.2, 0) is 4.74 Å². The summed E-state index contributed by atoms with van der Waals surface area (Å²) in [4.78, 5) is 20.5. The molecule has 1 aromatic rings. The highest BCUT2D eigenvalue weighted by atomic mass is 16.6. The first-order valence-electron chi connectivity index (χ1n) is 7.98. The lowest BCUT2D eigenvalue weighted by Crippen LogP contribution is -2.70. The number of anilines is 1. The van der Waals surface area contributed by atoms with Crippen LogP contribution in [-0.4, -0.2) is 64.1 Å². The van der Waals surface area contributed by atoms with Crippen molar-refractivity contribution >= 4 is 19.2 Å². The fourth-order valence-corrected chi connectivity index (χ4v) is 3.16. The molecule has 0 spiro atoms. The third kappa shape index (κ3) is 3.57. The van der Waals surface area contributed by atoms with E-state index in [0.29, 0.717) is 13.1 Å². The summed E-state index contributed by atoms with van der Waals surface area (Å²) in [6.07, 6.45) is 2.17. The summed E-state index contributed by atoms with van der Waals surface area (Å²) in [6, 6.07) is 3.67. The second kappa shape index (κ2) is 6.14. The number of pyridine rings is 1. The molecular weight excluding hydrogens is 313 g/mol. The number of amides is 1. The summed E-state index contributed by atoms with van der Waals surface area (Å²) >= 11 is 0. The Kier molecular flexibility index (Phi) is 4.31. The quantitative estimate of drug-likeness (QED) is 0.782. The van der Waals surface area contributed by atoms with Crippen molar-refractivity contribution in [3.05, 3.63) is 18.3 Å². The number of rotatable bonds is 3. The zero-order valence-corrected chi connectivity index (χ0v) is 14.0. The van der Waals surface area contributed by atoms with Crippen molar-refractivity contribution in [2.45, 2.75) is 44.9 Å². The molecule has 1 amide bonds. The third-order valence-corrected chi connectivity index (χ3v) is 4.08. The molecule has 1 aromatic heterocycles. The number of hydrogen-bond acceptors (Lipinski definition) is 7. The highest BCUT2D eigenvalue weighted by Gasteiger charge is 2.49. The molecule has 0 saturated carbocycles. The monoisotopic (exact) mass is 335 g/mol. The van der Waals surface area contributed by atoms with Gasteiger partial charge in [-0.1, -0.05) is 0 Å². The lowest BCUT2D eigenvalue weighted by Gasteiger charge is -2.56. The van der Waals surface area contributed by atoms with Crippen LogP contribution >= 0.6 is 0 Å². The van der Waals surface area contributed by atoms with E-state index in [9.17, 15) is 4.79 Å². The van der Waals surface area contributed by atoms with Gasteiger partial charge in [0.1, 0.15) is 17.2 Å². The maximum Gasteiger partial charge on any atom is 0.707 e. The van der Waals surface area contributed by atoms with Gasteiger partial charge < -0.3 is 24.3 Å². The summed E-state index contributed by atoms with van der Waals surface area (Å²) in [5, 5.41) is 17.5. The summed E-state index contributed by atoms with van der Waals surface area (Å²) in [5.41, 5.74) is -0.491. The van der Waals surface area contributed by atoms with E-state index in [-0.39, 0.29) is 23.9 Å². The second-order valence-electron chi connectivity index (χ2n) is 7.13. The fourth-order valence-electron chi connectivity index (χ4n) is 3.16. The van der Waals surface area contributed by atoms with Gasteiger partial charge in [-0.2, -0.15) is 0 Å². The molecule has 0 aliphatic carbocycles. The van der Waals surface area contributed by atoms with E-state index in [0.717, 1.165) is 12.2 Å². The van der Waals surface area contributed by atoms with Gasteiger partial charge in [-0.05, 0) is 39.3 Å². The number of nitrogens with zero attached hydrogens (tertiary/aromatic N) is 3. The summed E-state index contributed by atoms with van der Waals surface area (Å²) < 4.78 is 10.2. The number of hydrogen-bond donors (Lipinski definition) is 2. The molecule has 4 heterocycles. The largest absolute Gasteiger partial charge is 0.707 e. The zero-order valence-electron chi connectivity index (χ0n) is 14.0. The van der Waals surface area contributed by atoms with Gasteiger partial charge in [0, 0.05) is 13.1 Å². The van der Waals surface area contributed by atoms with E-state index in [1.165, 1.54) is 6.20 Å². The molecule has 2 atom stereocenters. The Morgan fingerprint density at radius 1 is 1.29 bits per heavy atom. The maximum absolute atomic E-state index is 12.3. The van der Waals surface area contributed by atoms with E-state index in [4.69, 9.17) is 19.4 Å². The first-order chi connectivity index (χ1) is 11.2. The van der Waals surface area contributed by atoms with Gasteiger partial charge in [0.15, 0.2) is 0 Å². The minimum Gasteiger partial charge on any atom is -0.511 e. The molecular formula is C15H22BN3O5. The number of fused-ring (bicyclic) bond motifs is 2. The van der Waals surface area contributed by atoms with Gasteiger partial charge in [-0.3, -0.25) is 4.90 Å². The minimum absolute atomic E-state index is 0.135. The molecule has 9 heteroatoms. The van der Waals surface area contributed by atoms with Gasteiger partial charge in [-0.15, -0.1) is 0 Å². The normalized spacial score (nSPS) is 22.7. The fraction of sp³-hybridized carbons (Fsp3) is 0.600. The Balaban J connectivity index is 1.60. The number of aromatic nitrogens is 1. The first kappa shape index (κ1) is 16.8. The Labute approximate surface area is 141 Å². The minimum atomic E-state index is -1.86. The van der Waals surface area contributed by atoms with Gasteiger partial charge in [0.25, 0.3) is 0 Å². The molecule has 3 fully saturated rings. The van der Waals surface area contributed by atoms with Crippen LogP contribution in [0.4, 0.5) is 10.6 Å². The predicted octanol–water partition coefficient (Wildman–Crippen LogP) is 0.628. The molecule has 2 unspecified atom stereocenters. The van der Waals surface area contributed by atoms with Crippen LogP contribution in [0.3, 0.4) is 0 Å². The van der Waals surface area contributed by atoms with Gasteiger partial charge in [0.05, 0.1) is 18.3 Å². The van der Waals surface area contributed by atoms with E-state index in [2.05, 4.69) is 9.88 Å². The van der Waals surface area contributed by atoms with Gasteiger partial charge >= 0.3 is 13.4 Å². The summed E-state index contributed by atoms with van der Waals surface area (Å²) in [5.74, 6) is 1.06. The van der Waals surface area contributed by atoms with Gasteiger partial charge in [0.2, 0.25) is 0 Å². The SMILES string of the molecule is CC(C)(C)OC(=O)N1C2CC1CN(c1ccc(OB(O)O)cn1)C2. The Morgan fingerprint density at radius 3 is 2.46 bits per heavy atom. The lowest BCUT2D eigenvalue weighted by atomic mass is 9.88. The molecule has 2 bridgehead atoms. The Morgan fingerprint density at radius 2 is 1.96 bits per heavy atom. The number of carbonyl (C=O) groups is 1. The summed E-state index contributed by atoms with van der Waals surface area (Å²) in [7, 11) is -1.86. The molecule has 3 aliphatic heterocycles.